The van der Waals surface area contributed by atoms with Gasteiger partial charge in [-0.05, 0) is 43.4 Å². The van der Waals surface area contributed by atoms with Crippen LogP contribution in [0.1, 0.15) is 46.6 Å². The van der Waals surface area contributed by atoms with Crippen LogP contribution in [0.3, 0.4) is 0 Å². The van der Waals surface area contributed by atoms with Gasteiger partial charge < -0.3 is 10.2 Å². The summed E-state index contributed by atoms with van der Waals surface area (Å²) in [6.07, 6.45) is 2.48. The highest BCUT2D eigenvalue weighted by atomic mass is 15.2. The zero-order valence-corrected chi connectivity index (χ0v) is 13.7. The number of aryl methyl sites for hydroxylation is 1. The molecular formula is C18H30N2. The normalized spacial score (nSPS) is 20.6. The van der Waals surface area contributed by atoms with Gasteiger partial charge in [0.25, 0.3) is 0 Å². The minimum absolute atomic E-state index is 0.280. The largest absolute Gasteiger partial charge is 0.367 e. The third kappa shape index (κ3) is 3.35. The molecule has 0 fully saturated rings. The molecule has 2 rings (SSSR count). The van der Waals surface area contributed by atoms with Crippen LogP contribution in [0.2, 0.25) is 0 Å². The summed E-state index contributed by atoms with van der Waals surface area (Å²) < 4.78 is 0. The molecular weight excluding hydrogens is 244 g/mol. The second-order valence-electron chi connectivity index (χ2n) is 7.15. The van der Waals surface area contributed by atoms with E-state index in [9.17, 15) is 0 Å². The van der Waals surface area contributed by atoms with Crippen molar-refractivity contribution in [2.24, 2.45) is 5.41 Å². The lowest BCUT2D eigenvalue weighted by Crippen LogP contribution is -2.52. The number of para-hydroxylation sites is 1. The van der Waals surface area contributed by atoms with Gasteiger partial charge >= 0.3 is 0 Å². The van der Waals surface area contributed by atoms with Crippen molar-refractivity contribution in [3.63, 3.8) is 0 Å². The molecule has 1 aromatic carbocycles. The molecule has 0 saturated heterocycles. The van der Waals surface area contributed by atoms with Gasteiger partial charge in [0.05, 0.1) is 0 Å². The van der Waals surface area contributed by atoms with E-state index in [4.69, 9.17) is 0 Å². The van der Waals surface area contributed by atoms with E-state index in [1.807, 2.05) is 0 Å². The Balaban J connectivity index is 2.22. The zero-order chi connectivity index (χ0) is 14.8. The van der Waals surface area contributed by atoms with Gasteiger partial charge in [-0.2, -0.15) is 0 Å². The molecule has 0 bridgehead atoms. The molecule has 1 aromatic rings. The van der Waals surface area contributed by atoms with Crippen molar-refractivity contribution in [3.8, 4) is 0 Å². The van der Waals surface area contributed by atoms with Gasteiger partial charge in [-0.3, -0.25) is 0 Å². The third-order valence-corrected chi connectivity index (χ3v) is 4.54. The molecule has 1 heterocycles. The van der Waals surface area contributed by atoms with Crippen molar-refractivity contribution >= 4 is 5.69 Å². The summed E-state index contributed by atoms with van der Waals surface area (Å²) in [5.41, 5.74) is 3.23. The Morgan fingerprint density at radius 1 is 1.30 bits per heavy atom. The van der Waals surface area contributed by atoms with Crippen molar-refractivity contribution in [2.45, 2.75) is 59.5 Å². The van der Waals surface area contributed by atoms with E-state index in [2.05, 4.69) is 69.1 Å². The van der Waals surface area contributed by atoms with Crippen molar-refractivity contribution in [3.05, 3.63) is 29.8 Å². The number of nitrogens with one attached hydrogen (secondary N) is 1. The first-order valence-electron chi connectivity index (χ1n) is 8.01. The molecule has 1 N–H and O–H groups in total. The first-order chi connectivity index (χ1) is 9.43. The summed E-state index contributed by atoms with van der Waals surface area (Å²) in [6.45, 7) is 13.7. The lowest BCUT2D eigenvalue weighted by Gasteiger charge is -2.42. The number of nitrogens with zero attached hydrogens (tertiary/aromatic N) is 1. The molecule has 1 aliphatic rings. The number of likely N-dealkylation sites (N-methyl/N-ethyl adjacent to an activating group) is 1. The Morgan fingerprint density at radius 2 is 2.00 bits per heavy atom. The summed E-state index contributed by atoms with van der Waals surface area (Å²) in [7, 11) is 0. The van der Waals surface area contributed by atoms with E-state index < -0.39 is 0 Å². The summed E-state index contributed by atoms with van der Waals surface area (Å²) in [5, 5.41) is 3.68. The van der Waals surface area contributed by atoms with E-state index in [0.29, 0.717) is 12.1 Å². The Hall–Kier alpha value is -1.02. The maximum atomic E-state index is 3.68. The number of fused-ring (bicyclic) bond motifs is 1. The van der Waals surface area contributed by atoms with Crippen molar-refractivity contribution in [2.75, 3.05) is 18.0 Å². The Bertz CT molecular complexity index is 433. The van der Waals surface area contributed by atoms with Crippen LogP contribution in [-0.4, -0.2) is 25.2 Å². The van der Waals surface area contributed by atoms with Crippen LogP contribution >= 0.6 is 0 Å². The summed E-state index contributed by atoms with van der Waals surface area (Å²) in [5.74, 6) is 0. The number of anilines is 1. The van der Waals surface area contributed by atoms with Crippen LogP contribution in [0.15, 0.2) is 24.3 Å². The van der Waals surface area contributed by atoms with Gasteiger partial charge in [0.2, 0.25) is 0 Å². The maximum Gasteiger partial charge on any atom is 0.0401 e. The average Bonchev–Trinajstić information content (AvgIpc) is 2.40. The van der Waals surface area contributed by atoms with Crippen LogP contribution in [-0.2, 0) is 6.42 Å². The lowest BCUT2D eigenvalue weighted by molar-refractivity contribution is 0.268. The van der Waals surface area contributed by atoms with E-state index in [1.165, 1.54) is 24.1 Å². The zero-order valence-electron chi connectivity index (χ0n) is 13.7. The smallest absolute Gasteiger partial charge is 0.0401 e. The van der Waals surface area contributed by atoms with Crippen LogP contribution in [0.5, 0.6) is 0 Å². The lowest BCUT2D eigenvalue weighted by atomic mass is 9.85. The van der Waals surface area contributed by atoms with Crippen molar-refractivity contribution in [1.82, 2.24) is 5.32 Å². The second kappa shape index (κ2) is 6.17. The molecule has 0 radical (unpaired) electrons. The molecule has 0 amide bonds. The highest BCUT2D eigenvalue weighted by Gasteiger charge is 2.30. The predicted octanol–water partition coefficient (Wildman–Crippen LogP) is 3.85. The molecule has 2 atom stereocenters. The Labute approximate surface area is 124 Å². The summed E-state index contributed by atoms with van der Waals surface area (Å²) in [4.78, 5) is 2.61. The quantitative estimate of drug-likeness (QED) is 0.897. The second-order valence-corrected chi connectivity index (χ2v) is 7.15. The number of hydrogen-bond donors (Lipinski definition) is 1. The van der Waals surface area contributed by atoms with Crippen LogP contribution < -0.4 is 10.2 Å². The van der Waals surface area contributed by atoms with Gasteiger partial charge in [0.15, 0.2) is 0 Å². The molecule has 0 aliphatic carbocycles. The average molecular weight is 274 g/mol. The molecule has 20 heavy (non-hydrogen) atoms. The molecule has 0 aromatic heterocycles. The molecule has 0 spiro atoms. The predicted molar refractivity (Wildman–Crippen MR) is 88.5 cm³/mol. The highest BCUT2D eigenvalue weighted by molar-refractivity contribution is 5.56. The van der Waals surface area contributed by atoms with E-state index in [-0.39, 0.29) is 5.41 Å². The fourth-order valence-electron chi connectivity index (χ4n) is 3.13. The number of benzene rings is 1. The van der Waals surface area contributed by atoms with Gasteiger partial charge in [-0.25, -0.2) is 0 Å². The minimum Gasteiger partial charge on any atom is -0.367 e. The fraction of sp³-hybridized carbons (Fsp3) is 0.667. The van der Waals surface area contributed by atoms with E-state index in [1.54, 1.807) is 0 Å². The molecule has 2 nitrogen and oxygen atoms in total. The maximum absolute atomic E-state index is 3.68. The molecule has 1 aliphatic heterocycles. The van der Waals surface area contributed by atoms with E-state index >= 15 is 0 Å². The number of rotatable bonds is 4. The first kappa shape index (κ1) is 15.4. The van der Waals surface area contributed by atoms with Gasteiger partial charge in [-0.1, -0.05) is 45.9 Å². The summed E-state index contributed by atoms with van der Waals surface area (Å²) >= 11 is 0. The van der Waals surface area contributed by atoms with Crippen molar-refractivity contribution in [1.29, 1.82) is 0 Å². The monoisotopic (exact) mass is 274 g/mol. The van der Waals surface area contributed by atoms with Gasteiger partial charge in [0.1, 0.15) is 0 Å². The topological polar surface area (TPSA) is 15.3 Å². The van der Waals surface area contributed by atoms with Gasteiger partial charge in [0, 0.05) is 24.3 Å². The number of hydrogen-bond acceptors (Lipinski definition) is 2. The molecule has 0 saturated carbocycles. The summed E-state index contributed by atoms with van der Waals surface area (Å²) in [6, 6.07) is 10.1. The minimum atomic E-state index is 0.280. The highest BCUT2D eigenvalue weighted by Crippen LogP contribution is 2.32. The third-order valence-electron chi connectivity index (χ3n) is 4.54. The first-order valence-corrected chi connectivity index (χ1v) is 8.01. The Kier molecular flexibility index (Phi) is 4.74. The van der Waals surface area contributed by atoms with Crippen LogP contribution in [0.4, 0.5) is 5.69 Å². The fourth-order valence-corrected chi connectivity index (χ4v) is 3.13. The standard InChI is InChI=1S/C18H30N2/c1-6-19-17(18(3,4)5)13-20-14(2)11-12-15-9-7-8-10-16(15)20/h7-10,14,17,19H,6,11-13H2,1-5H3. The van der Waals surface area contributed by atoms with Crippen molar-refractivity contribution < 1.29 is 0 Å². The molecule has 112 valence electrons. The van der Waals surface area contributed by atoms with E-state index in [0.717, 1.165) is 13.1 Å². The Morgan fingerprint density at radius 3 is 2.65 bits per heavy atom. The van der Waals surface area contributed by atoms with Crippen LogP contribution in [0, 0.1) is 5.41 Å². The molecule has 2 heteroatoms. The SMILES string of the molecule is CCNC(CN1c2ccccc2CCC1C)C(C)(C)C. The van der Waals surface area contributed by atoms with Gasteiger partial charge in [-0.15, -0.1) is 0 Å². The molecule has 2 unspecified atom stereocenters. The van der Waals surface area contributed by atoms with Crippen LogP contribution in [0.25, 0.3) is 0 Å².